The average Bonchev–Trinajstić information content (AvgIpc) is 3.23. The van der Waals surface area contributed by atoms with Crippen LogP contribution in [0, 0.1) is 6.92 Å². The number of aromatic nitrogens is 1. The van der Waals surface area contributed by atoms with Crippen molar-refractivity contribution in [3.05, 3.63) is 107 Å². The highest BCUT2D eigenvalue weighted by Crippen LogP contribution is 2.33. The number of aromatic hydroxyl groups is 1. The van der Waals surface area contributed by atoms with Gasteiger partial charge in [0, 0.05) is 22.6 Å². The molecule has 6 heteroatoms. The average molecular weight is 484 g/mol. The number of hydrogen-bond acceptors (Lipinski definition) is 5. The lowest BCUT2D eigenvalue weighted by atomic mass is 10.0. The van der Waals surface area contributed by atoms with E-state index in [0.717, 1.165) is 33.7 Å². The highest BCUT2D eigenvalue weighted by molar-refractivity contribution is 7.16. The van der Waals surface area contributed by atoms with Crippen LogP contribution in [-0.2, 0) is 11.2 Å². The Balaban J connectivity index is 1.54. The number of carbonyl (C=O) groups is 1. The summed E-state index contributed by atoms with van der Waals surface area (Å²) in [6.07, 6.45) is 0.733. The monoisotopic (exact) mass is 483 g/mol. The number of anilines is 1. The maximum atomic E-state index is 13.2. The number of nitrogens with zero attached hydrogens (tertiary/aromatic N) is 1. The number of amides is 1. The van der Waals surface area contributed by atoms with Crippen molar-refractivity contribution >= 4 is 28.1 Å². The Morgan fingerprint density at radius 3 is 2.34 bits per heavy atom. The zero-order valence-electron chi connectivity index (χ0n) is 20.1. The Labute approximate surface area is 210 Å². The van der Waals surface area contributed by atoms with Crippen molar-refractivity contribution in [3.8, 4) is 17.0 Å². The first-order valence-electron chi connectivity index (χ1n) is 11.4. The van der Waals surface area contributed by atoms with Crippen LogP contribution >= 0.6 is 11.3 Å². The zero-order chi connectivity index (χ0) is 25.0. The molecule has 3 aromatic carbocycles. The van der Waals surface area contributed by atoms with Gasteiger partial charge in [-0.3, -0.25) is 10.1 Å². The summed E-state index contributed by atoms with van der Waals surface area (Å²) in [5.41, 5.74) is 4.30. The van der Waals surface area contributed by atoms with Gasteiger partial charge in [0.25, 0.3) is 5.91 Å². The molecule has 0 radical (unpaired) electrons. The van der Waals surface area contributed by atoms with E-state index in [1.54, 1.807) is 26.0 Å². The molecule has 1 heterocycles. The van der Waals surface area contributed by atoms with E-state index in [1.807, 2.05) is 61.5 Å². The summed E-state index contributed by atoms with van der Waals surface area (Å²) in [5, 5.41) is 16.6. The van der Waals surface area contributed by atoms with Crippen molar-refractivity contribution < 1.29 is 9.90 Å². The zero-order valence-corrected chi connectivity index (χ0v) is 20.9. The van der Waals surface area contributed by atoms with E-state index in [9.17, 15) is 9.90 Å². The first-order chi connectivity index (χ1) is 16.7. The highest BCUT2D eigenvalue weighted by atomic mass is 32.1. The lowest BCUT2D eigenvalue weighted by Crippen LogP contribution is -2.48. The molecule has 0 aliphatic carbocycles. The molecule has 178 valence electrons. The van der Waals surface area contributed by atoms with Gasteiger partial charge in [-0.15, -0.1) is 11.3 Å². The Kier molecular flexibility index (Phi) is 7.03. The van der Waals surface area contributed by atoms with Crippen LogP contribution in [0.1, 0.15) is 35.4 Å². The molecule has 0 saturated heterocycles. The molecule has 0 spiro atoms. The lowest BCUT2D eigenvalue weighted by Gasteiger charge is -2.27. The minimum absolute atomic E-state index is 0.214. The first-order valence-corrected chi connectivity index (χ1v) is 12.2. The molecular weight excluding hydrogens is 454 g/mol. The van der Waals surface area contributed by atoms with Crippen LogP contribution in [0.3, 0.4) is 0 Å². The smallest absolute Gasteiger partial charge is 0.251 e. The Bertz CT molecular complexity index is 1350. The number of aryl methyl sites for hydroxylation is 1. The minimum atomic E-state index is -0.943. The molecule has 5 nitrogen and oxygen atoms in total. The molecule has 1 amide bonds. The van der Waals surface area contributed by atoms with Gasteiger partial charge in [-0.25, -0.2) is 4.98 Å². The molecule has 0 atom stereocenters. The third-order valence-corrected chi connectivity index (χ3v) is 6.72. The van der Waals surface area contributed by atoms with Crippen LogP contribution in [0.4, 0.5) is 5.13 Å². The van der Waals surface area contributed by atoms with Crippen LogP contribution in [0.25, 0.3) is 17.0 Å². The molecule has 0 unspecified atom stereocenters. The number of nitrogens with one attached hydrogen (secondary N) is 2. The van der Waals surface area contributed by atoms with E-state index in [4.69, 9.17) is 4.98 Å². The highest BCUT2D eigenvalue weighted by Gasteiger charge is 2.29. The maximum absolute atomic E-state index is 13.2. The summed E-state index contributed by atoms with van der Waals surface area (Å²) in [6.45, 7) is 9.52. The van der Waals surface area contributed by atoms with Gasteiger partial charge in [0.1, 0.15) is 11.3 Å². The second-order valence-electron chi connectivity index (χ2n) is 9.00. The van der Waals surface area contributed by atoms with Crippen molar-refractivity contribution in [2.24, 2.45) is 0 Å². The van der Waals surface area contributed by atoms with Crippen molar-refractivity contribution in [1.29, 1.82) is 0 Å². The molecule has 3 N–H and O–H groups in total. The van der Waals surface area contributed by atoms with Crippen molar-refractivity contribution in [1.82, 2.24) is 10.3 Å². The fraction of sp³-hybridized carbons (Fsp3) is 0.172. The number of phenolic OH excluding ortho intramolecular Hbond substituents is 1. The van der Waals surface area contributed by atoms with Gasteiger partial charge >= 0.3 is 0 Å². The molecule has 1 aromatic heterocycles. The Morgan fingerprint density at radius 1 is 1.03 bits per heavy atom. The topological polar surface area (TPSA) is 74.2 Å². The standard InChI is InChI=1S/C29H29N3O2S/c1-19-17-23(15-16-24(19)33)20(2)32-29(3,4)27(34)31-28-30-26(22-13-9-6-10-14-22)25(35-28)18-21-11-7-5-8-12-21/h5-17,32-33H,2,18H2,1,3-4H3,(H,30,31,34). The van der Waals surface area contributed by atoms with Gasteiger partial charge in [-0.05, 0) is 55.7 Å². The number of rotatable bonds is 8. The second kappa shape index (κ2) is 10.2. The number of phenols is 1. The molecular formula is C29H29N3O2S. The fourth-order valence-corrected chi connectivity index (χ4v) is 4.74. The quantitative estimate of drug-likeness (QED) is 0.271. The maximum Gasteiger partial charge on any atom is 0.251 e. The van der Waals surface area contributed by atoms with E-state index in [-0.39, 0.29) is 11.7 Å². The van der Waals surface area contributed by atoms with E-state index in [0.29, 0.717) is 10.8 Å². The van der Waals surface area contributed by atoms with Gasteiger partial charge in [-0.1, -0.05) is 67.2 Å². The fourth-order valence-electron chi connectivity index (χ4n) is 3.73. The van der Waals surface area contributed by atoms with Gasteiger partial charge in [0.2, 0.25) is 0 Å². The summed E-state index contributed by atoms with van der Waals surface area (Å²) in [7, 11) is 0. The van der Waals surface area contributed by atoms with Crippen LogP contribution < -0.4 is 10.6 Å². The van der Waals surface area contributed by atoms with Crippen LogP contribution in [0.5, 0.6) is 5.75 Å². The normalized spacial score (nSPS) is 11.2. The lowest BCUT2D eigenvalue weighted by molar-refractivity contribution is -0.120. The molecule has 0 aliphatic rings. The number of benzene rings is 3. The molecule has 4 rings (SSSR count). The summed E-state index contributed by atoms with van der Waals surface area (Å²) in [6, 6.07) is 25.5. The minimum Gasteiger partial charge on any atom is -0.508 e. The summed E-state index contributed by atoms with van der Waals surface area (Å²) >= 11 is 1.49. The predicted octanol–water partition coefficient (Wildman–Crippen LogP) is 6.39. The van der Waals surface area contributed by atoms with Gasteiger partial charge in [0.15, 0.2) is 5.13 Å². The van der Waals surface area contributed by atoms with Gasteiger partial charge < -0.3 is 10.4 Å². The molecule has 0 aliphatic heterocycles. The molecule has 0 fully saturated rings. The third-order valence-electron chi connectivity index (χ3n) is 5.75. The SMILES string of the molecule is C=C(NC(C)(C)C(=O)Nc1nc(-c2ccccc2)c(Cc2ccccc2)s1)c1ccc(O)c(C)c1. The van der Waals surface area contributed by atoms with Crippen LogP contribution in [0.15, 0.2) is 85.4 Å². The summed E-state index contributed by atoms with van der Waals surface area (Å²) < 4.78 is 0. The Hall–Kier alpha value is -3.90. The van der Waals surface area contributed by atoms with E-state index < -0.39 is 5.54 Å². The summed E-state index contributed by atoms with van der Waals surface area (Å²) in [4.78, 5) is 19.1. The third kappa shape index (κ3) is 5.78. The molecule has 35 heavy (non-hydrogen) atoms. The van der Waals surface area contributed by atoms with Crippen LogP contribution in [-0.4, -0.2) is 21.5 Å². The van der Waals surface area contributed by atoms with Crippen LogP contribution in [0.2, 0.25) is 0 Å². The van der Waals surface area contributed by atoms with E-state index >= 15 is 0 Å². The van der Waals surface area contributed by atoms with Crippen molar-refractivity contribution in [2.75, 3.05) is 5.32 Å². The number of thiazole rings is 1. The number of hydrogen-bond donors (Lipinski definition) is 3. The molecule has 0 bridgehead atoms. The van der Waals surface area contributed by atoms with Crippen molar-refractivity contribution in [3.63, 3.8) is 0 Å². The second-order valence-corrected chi connectivity index (χ2v) is 10.1. The number of carbonyl (C=O) groups excluding carboxylic acids is 1. The molecule has 4 aromatic rings. The Morgan fingerprint density at radius 2 is 1.69 bits per heavy atom. The molecule has 0 saturated carbocycles. The van der Waals surface area contributed by atoms with E-state index in [2.05, 4.69) is 29.3 Å². The largest absolute Gasteiger partial charge is 0.508 e. The van der Waals surface area contributed by atoms with Crippen molar-refractivity contribution in [2.45, 2.75) is 32.7 Å². The predicted molar refractivity (Wildman–Crippen MR) is 145 cm³/mol. The summed E-state index contributed by atoms with van der Waals surface area (Å²) in [5.74, 6) is 0.0108. The van der Waals surface area contributed by atoms with Gasteiger partial charge in [0.05, 0.1) is 5.69 Å². The first kappa shape index (κ1) is 24.2. The van der Waals surface area contributed by atoms with E-state index in [1.165, 1.54) is 16.9 Å². The van der Waals surface area contributed by atoms with Gasteiger partial charge in [-0.2, -0.15) is 0 Å².